The Balaban J connectivity index is 2.48. The monoisotopic (exact) mass is 165 g/mol. The van der Waals surface area contributed by atoms with E-state index >= 15 is 0 Å². The molecule has 0 amide bonds. The van der Waals surface area contributed by atoms with E-state index in [4.69, 9.17) is 5.21 Å². The summed E-state index contributed by atoms with van der Waals surface area (Å²) in [4.78, 5) is 0. The Morgan fingerprint density at radius 3 is 2.33 bits per heavy atom. The van der Waals surface area contributed by atoms with Gasteiger partial charge in [0.1, 0.15) is 0 Å². The number of benzene rings is 1. The predicted octanol–water partition coefficient (Wildman–Crippen LogP) is 1.86. The van der Waals surface area contributed by atoms with Gasteiger partial charge in [0.05, 0.1) is 0 Å². The minimum absolute atomic E-state index is 0.684. The summed E-state index contributed by atoms with van der Waals surface area (Å²) in [5.41, 5.74) is 2.54. The summed E-state index contributed by atoms with van der Waals surface area (Å²) in [7, 11) is 1.66. The lowest BCUT2D eigenvalue weighted by Crippen LogP contribution is -2.15. The third kappa shape index (κ3) is 3.03. The summed E-state index contributed by atoms with van der Waals surface area (Å²) in [5.74, 6) is 0. The van der Waals surface area contributed by atoms with E-state index < -0.39 is 0 Å². The van der Waals surface area contributed by atoms with Crippen molar-refractivity contribution in [2.75, 3.05) is 13.6 Å². The first-order chi connectivity index (χ1) is 5.68. The van der Waals surface area contributed by atoms with E-state index in [1.807, 2.05) is 0 Å². The summed E-state index contributed by atoms with van der Waals surface area (Å²) in [6.07, 6.45) is 0.896. The van der Waals surface area contributed by atoms with Crippen molar-refractivity contribution in [3.05, 3.63) is 35.4 Å². The van der Waals surface area contributed by atoms with Crippen LogP contribution in [-0.2, 0) is 6.42 Å². The van der Waals surface area contributed by atoms with Crippen molar-refractivity contribution < 1.29 is 5.21 Å². The van der Waals surface area contributed by atoms with Crippen molar-refractivity contribution >= 4 is 0 Å². The van der Waals surface area contributed by atoms with Gasteiger partial charge in [0.25, 0.3) is 0 Å². The van der Waals surface area contributed by atoms with Gasteiger partial charge >= 0.3 is 0 Å². The molecule has 2 heteroatoms. The molecule has 12 heavy (non-hydrogen) atoms. The Labute approximate surface area is 73.4 Å². The zero-order chi connectivity index (χ0) is 8.97. The van der Waals surface area contributed by atoms with Crippen LogP contribution in [0.2, 0.25) is 0 Å². The summed E-state index contributed by atoms with van der Waals surface area (Å²) in [6, 6.07) is 8.37. The number of rotatable bonds is 3. The smallest absolute Gasteiger partial charge is 0.0275 e. The van der Waals surface area contributed by atoms with Gasteiger partial charge in [-0.15, -0.1) is 0 Å². The van der Waals surface area contributed by atoms with E-state index in [1.165, 1.54) is 16.2 Å². The second kappa shape index (κ2) is 4.24. The molecular weight excluding hydrogens is 150 g/mol. The number of hydrogen-bond acceptors (Lipinski definition) is 2. The van der Waals surface area contributed by atoms with Crippen molar-refractivity contribution in [3.8, 4) is 0 Å². The zero-order valence-electron chi connectivity index (χ0n) is 7.62. The fraction of sp³-hybridized carbons (Fsp3) is 0.400. The molecule has 0 aromatic heterocycles. The van der Waals surface area contributed by atoms with Crippen LogP contribution in [0.25, 0.3) is 0 Å². The van der Waals surface area contributed by atoms with Crippen LogP contribution in [0.4, 0.5) is 0 Å². The molecule has 1 aromatic carbocycles. The van der Waals surface area contributed by atoms with Gasteiger partial charge in [-0.1, -0.05) is 29.8 Å². The first-order valence-electron chi connectivity index (χ1n) is 4.14. The van der Waals surface area contributed by atoms with Crippen molar-refractivity contribution in [3.63, 3.8) is 0 Å². The summed E-state index contributed by atoms with van der Waals surface area (Å²) >= 11 is 0. The molecule has 0 atom stereocenters. The Kier molecular flexibility index (Phi) is 3.26. The average molecular weight is 165 g/mol. The van der Waals surface area contributed by atoms with Crippen LogP contribution >= 0.6 is 0 Å². The number of aryl methyl sites for hydroxylation is 1. The van der Waals surface area contributed by atoms with E-state index in [1.54, 1.807) is 7.05 Å². The fourth-order valence-electron chi connectivity index (χ4n) is 1.05. The first kappa shape index (κ1) is 9.23. The average Bonchev–Trinajstić information content (AvgIpc) is 2.03. The number of nitrogens with zero attached hydrogens (tertiary/aromatic N) is 1. The highest BCUT2D eigenvalue weighted by Gasteiger charge is 1.94. The SMILES string of the molecule is Cc1ccc(CCN(C)O)cc1. The van der Waals surface area contributed by atoms with Crippen molar-refractivity contribution in [1.29, 1.82) is 0 Å². The quantitative estimate of drug-likeness (QED) is 0.691. The lowest BCUT2D eigenvalue weighted by Gasteiger charge is -2.07. The molecule has 0 radical (unpaired) electrons. The summed E-state index contributed by atoms with van der Waals surface area (Å²) in [6.45, 7) is 2.75. The predicted molar refractivity (Wildman–Crippen MR) is 49.3 cm³/mol. The summed E-state index contributed by atoms with van der Waals surface area (Å²) < 4.78 is 0. The molecule has 0 aliphatic heterocycles. The number of hydrogen-bond donors (Lipinski definition) is 1. The fourth-order valence-corrected chi connectivity index (χ4v) is 1.05. The van der Waals surface area contributed by atoms with Gasteiger partial charge in [0.2, 0.25) is 0 Å². The summed E-state index contributed by atoms with van der Waals surface area (Å²) in [5, 5.41) is 10.1. The molecule has 0 fully saturated rings. The second-order valence-electron chi connectivity index (χ2n) is 3.12. The molecule has 1 N–H and O–H groups in total. The second-order valence-corrected chi connectivity index (χ2v) is 3.12. The molecule has 0 unspecified atom stereocenters. The van der Waals surface area contributed by atoms with Crippen LogP contribution in [0.15, 0.2) is 24.3 Å². The Hall–Kier alpha value is -0.860. The maximum atomic E-state index is 8.90. The number of hydroxylamine groups is 2. The van der Waals surface area contributed by atoms with Crippen molar-refractivity contribution in [2.24, 2.45) is 0 Å². The molecule has 0 aliphatic rings. The van der Waals surface area contributed by atoms with Crippen molar-refractivity contribution in [1.82, 2.24) is 5.06 Å². The molecule has 1 rings (SSSR count). The maximum Gasteiger partial charge on any atom is 0.0275 e. The standard InChI is InChI=1S/C10H15NO/c1-9-3-5-10(6-4-9)7-8-11(2)12/h3-6,12H,7-8H2,1-2H3. The lowest BCUT2D eigenvalue weighted by molar-refractivity contribution is -0.0634. The first-order valence-corrected chi connectivity index (χ1v) is 4.14. The van der Waals surface area contributed by atoms with E-state index in [0.29, 0.717) is 6.54 Å². The molecule has 0 bridgehead atoms. The normalized spacial score (nSPS) is 10.7. The third-order valence-corrected chi connectivity index (χ3v) is 1.84. The Bertz CT molecular complexity index is 228. The highest BCUT2D eigenvalue weighted by atomic mass is 16.5. The van der Waals surface area contributed by atoms with Crippen LogP contribution in [0, 0.1) is 6.92 Å². The van der Waals surface area contributed by atoms with Crippen LogP contribution < -0.4 is 0 Å². The molecule has 0 saturated carbocycles. The largest absolute Gasteiger partial charge is 0.314 e. The van der Waals surface area contributed by atoms with Gasteiger partial charge in [-0.3, -0.25) is 0 Å². The van der Waals surface area contributed by atoms with E-state index in [-0.39, 0.29) is 0 Å². The zero-order valence-corrected chi connectivity index (χ0v) is 7.62. The van der Waals surface area contributed by atoms with E-state index in [9.17, 15) is 0 Å². The lowest BCUT2D eigenvalue weighted by atomic mass is 10.1. The Morgan fingerprint density at radius 2 is 1.83 bits per heavy atom. The van der Waals surface area contributed by atoms with Crippen LogP contribution in [-0.4, -0.2) is 23.9 Å². The van der Waals surface area contributed by atoms with E-state index in [0.717, 1.165) is 6.42 Å². The highest BCUT2D eigenvalue weighted by Crippen LogP contribution is 2.03. The Morgan fingerprint density at radius 1 is 1.25 bits per heavy atom. The van der Waals surface area contributed by atoms with Crippen molar-refractivity contribution in [2.45, 2.75) is 13.3 Å². The molecular formula is C10H15NO. The van der Waals surface area contributed by atoms with Gasteiger partial charge < -0.3 is 5.21 Å². The molecule has 66 valence electrons. The van der Waals surface area contributed by atoms with Gasteiger partial charge in [0.15, 0.2) is 0 Å². The highest BCUT2D eigenvalue weighted by molar-refractivity contribution is 5.21. The maximum absolute atomic E-state index is 8.90. The molecule has 0 aliphatic carbocycles. The third-order valence-electron chi connectivity index (χ3n) is 1.84. The van der Waals surface area contributed by atoms with Gasteiger partial charge in [-0.2, -0.15) is 5.06 Å². The molecule has 1 aromatic rings. The van der Waals surface area contributed by atoms with Gasteiger partial charge in [-0.05, 0) is 18.9 Å². The molecule has 2 nitrogen and oxygen atoms in total. The van der Waals surface area contributed by atoms with Crippen LogP contribution in [0.3, 0.4) is 0 Å². The number of likely N-dealkylation sites (N-methyl/N-ethyl adjacent to an activating group) is 1. The van der Waals surface area contributed by atoms with Gasteiger partial charge in [0, 0.05) is 13.6 Å². The minimum Gasteiger partial charge on any atom is -0.314 e. The molecule has 0 heterocycles. The van der Waals surface area contributed by atoms with Crippen LogP contribution in [0.5, 0.6) is 0 Å². The topological polar surface area (TPSA) is 23.5 Å². The van der Waals surface area contributed by atoms with Crippen LogP contribution in [0.1, 0.15) is 11.1 Å². The van der Waals surface area contributed by atoms with E-state index in [2.05, 4.69) is 31.2 Å². The molecule has 0 spiro atoms. The van der Waals surface area contributed by atoms with Gasteiger partial charge in [-0.25, -0.2) is 0 Å². The minimum atomic E-state index is 0.684. The molecule has 0 saturated heterocycles.